The molecule has 0 unspecified atom stereocenters. The van der Waals surface area contributed by atoms with Crippen LogP contribution in [-0.4, -0.2) is 36.6 Å². The minimum absolute atomic E-state index is 0.233. The molecule has 126 valence electrons. The molecule has 1 saturated carbocycles. The lowest BCUT2D eigenvalue weighted by Gasteiger charge is -2.44. The second-order valence-electron chi connectivity index (χ2n) is 8.51. The van der Waals surface area contributed by atoms with Crippen molar-refractivity contribution in [1.29, 1.82) is 0 Å². The molecule has 0 aliphatic heterocycles. The zero-order chi connectivity index (χ0) is 15.9. The number of nitrogens with zero attached hydrogens (tertiary/aromatic N) is 1. The molecule has 0 aromatic rings. The Hall–Kier alpha value is -0.0800. The van der Waals surface area contributed by atoms with Gasteiger partial charge >= 0.3 is 0 Å². The summed E-state index contributed by atoms with van der Waals surface area (Å²) in [6.07, 6.45) is 8.28. The molecular formula is C19H40N2. The van der Waals surface area contributed by atoms with Crippen molar-refractivity contribution in [1.82, 2.24) is 10.2 Å². The van der Waals surface area contributed by atoms with Crippen molar-refractivity contribution in [2.24, 2.45) is 11.3 Å². The standard InChI is InChI=1S/C19H40N2/c1-7-9-14-21(8-2)16-19(15-20-18(4,5)6)12-10-17(3)11-13-19/h17,20H,7-16H2,1-6H3. The molecule has 0 heterocycles. The van der Waals surface area contributed by atoms with Gasteiger partial charge in [0.1, 0.15) is 0 Å². The summed E-state index contributed by atoms with van der Waals surface area (Å²) >= 11 is 0. The summed E-state index contributed by atoms with van der Waals surface area (Å²) in [7, 11) is 0. The average Bonchev–Trinajstić information content (AvgIpc) is 2.43. The Kier molecular flexibility index (Phi) is 7.70. The van der Waals surface area contributed by atoms with Crippen molar-refractivity contribution in [3.05, 3.63) is 0 Å². The van der Waals surface area contributed by atoms with Gasteiger partial charge in [0, 0.05) is 18.6 Å². The van der Waals surface area contributed by atoms with Crippen LogP contribution in [0.3, 0.4) is 0 Å². The average molecular weight is 297 g/mol. The molecule has 21 heavy (non-hydrogen) atoms. The molecule has 0 radical (unpaired) electrons. The van der Waals surface area contributed by atoms with Gasteiger partial charge in [-0.3, -0.25) is 0 Å². The van der Waals surface area contributed by atoms with E-state index in [4.69, 9.17) is 0 Å². The number of unbranched alkanes of at least 4 members (excludes halogenated alkanes) is 1. The van der Waals surface area contributed by atoms with Crippen molar-refractivity contribution in [3.8, 4) is 0 Å². The highest BCUT2D eigenvalue weighted by Gasteiger charge is 2.36. The van der Waals surface area contributed by atoms with Crippen LogP contribution in [0.2, 0.25) is 0 Å². The third-order valence-electron chi connectivity index (χ3n) is 5.16. The van der Waals surface area contributed by atoms with Crippen LogP contribution >= 0.6 is 0 Å². The van der Waals surface area contributed by atoms with Crippen LogP contribution in [0.5, 0.6) is 0 Å². The van der Waals surface area contributed by atoms with E-state index in [-0.39, 0.29) is 5.54 Å². The Bertz CT molecular complexity index is 272. The van der Waals surface area contributed by atoms with Crippen LogP contribution in [0.4, 0.5) is 0 Å². The van der Waals surface area contributed by atoms with Gasteiger partial charge in [0.2, 0.25) is 0 Å². The molecule has 0 bridgehead atoms. The van der Waals surface area contributed by atoms with E-state index in [1.807, 2.05) is 0 Å². The van der Waals surface area contributed by atoms with Crippen LogP contribution in [0.25, 0.3) is 0 Å². The van der Waals surface area contributed by atoms with Gasteiger partial charge in [-0.05, 0) is 64.5 Å². The molecule has 1 rings (SSSR count). The monoisotopic (exact) mass is 296 g/mol. The fourth-order valence-corrected chi connectivity index (χ4v) is 3.42. The number of nitrogens with one attached hydrogen (secondary N) is 1. The maximum absolute atomic E-state index is 3.81. The molecule has 0 saturated heterocycles. The van der Waals surface area contributed by atoms with Gasteiger partial charge in [0.05, 0.1) is 0 Å². The van der Waals surface area contributed by atoms with E-state index in [9.17, 15) is 0 Å². The maximum Gasteiger partial charge on any atom is 0.00967 e. The lowest BCUT2D eigenvalue weighted by atomic mass is 9.70. The van der Waals surface area contributed by atoms with Gasteiger partial charge in [0.15, 0.2) is 0 Å². The first-order chi connectivity index (χ1) is 9.80. The van der Waals surface area contributed by atoms with Gasteiger partial charge in [-0.2, -0.15) is 0 Å². The summed E-state index contributed by atoms with van der Waals surface area (Å²) in [6.45, 7) is 18.9. The molecule has 1 aliphatic rings. The molecule has 0 spiro atoms. The highest BCUT2D eigenvalue weighted by Crippen LogP contribution is 2.39. The quantitative estimate of drug-likeness (QED) is 0.699. The lowest BCUT2D eigenvalue weighted by molar-refractivity contribution is 0.0815. The summed E-state index contributed by atoms with van der Waals surface area (Å²) in [5.74, 6) is 0.929. The molecule has 0 atom stereocenters. The van der Waals surface area contributed by atoms with Gasteiger partial charge < -0.3 is 10.2 Å². The van der Waals surface area contributed by atoms with Crippen molar-refractivity contribution in [2.45, 2.75) is 85.6 Å². The summed E-state index contributed by atoms with van der Waals surface area (Å²) in [6, 6.07) is 0. The van der Waals surface area contributed by atoms with E-state index in [2.05, 4.69) is 51.8 Å². The largest absolute Gasteiger partial charge is 0.311 e. The van der Waals surface area contributed by atoms with Crippen LogP contribution < -0.4 is 5.32 Å². The minimum atomic E-state index is 0.233. The van der Waals surface area contributed by atoms with E-state index >= 15 is 0 Å². The van der Waals surface area contributed by atoms with Crippen LogP contribution in [0.1, 0.15) is 80.1 Å². The first kappa shape index (κ1) is 19.0. The predicted octanol–water partition coefficient (Wildman–Crippen LogP) is 4.69. The Morgan fingerprint density at radius 2 is 1.76 bits per heavy atom. The normalized spacial score (nSPS) is 27.3. The summed E-state index contributed by atoms with van der Waals surface area (Å²) in [5.41, 5.74) is 0.736. The molecule has 1 fully saturated rings. The smallest absolute Gasteiger partial charge is 0.00967 e. The van der Waals surface area contributed by atoms with E-state index in [0.29, 0.717) is 5.41 Å². The fraction of sp³-hybridized carbons (Fsp3) is 1.00. The first-order valence-electron chi connectivity index (χ1n) is 9.27. The van der Waals surface area contributed by atoms with E-state index < -0.39 is 0 Å². The van der Waals surface area contributed by atoms with Gasteiger partial charge in [0.25, 0.3) is 0 Å². The molecule has 1 N–H and O–H groups in total. The summed E-state index contributed by atoms with van der Waals surface area (Å²) in [4.78, 5) is 2.70. The predicted molar refractivity (Wildman–Crippen MR) is 94.8 cm³/mol. The maximum atomic E-state index is 3.81. The lowest BCUT2D eigenvalue weighted by Crippen LogP contribution is -2.50. The summed E-state index contributed by atoms with van der Waals surface area (Å²) < 4.78 is 0. The van der Waals surface area contributed by atoms with Crippen molar-refractivity contribution < 1.29 is 0 Å². The minimum Gasteiger partial charge on any atom is -0.311 e. The zero-order valence-corrected chi connectivity index (χ0v) is 15.6. The van der Waals surface area contributed by atoms with Gasteiger partial charge in [-0.1, -0.05) is 40.0 Å². The highest BCUT2D eigenvalue weighted by atomic mass is 15.1. The fourth-order valence-electron chi connectivity index (χ4n) is 3.42. The number of hydrogen-bond acceptors (Lipinski definition) is 2. The van der Waals surface area contributed by atoms with E-state index in [1.54, 1.807) is 0 Å². The number of rotatable bonds is 8. The topological polar surface area (TPSA) is 15.3 Å². The molecule has 2 nitrogen and oxygen atoms in total. The third-order valence-corrected chi connectivity index (χ3v) is 5.16. The van der Waals surface area contributed by atoms with Crippen LogP contribution in [-0.2, 0) is 0 Å². The Morgan fingerprint density at radius 1 is 1.14 bits per heavy atom. The van der Waals surface area contributed by atoms with Crippen LogP contribution in [0.15, 0.2) is 0 Å². The van der Waals surface area contributed by atoms with E-state index in [0.717, 1.165) is 5.92 Å². The Labute approximate surface area is 134 Å². The van der Waals surface area contributed by atoms with Crippen LogP contribution in [0, 0.1) is 11.3 Å². The summed E-state index contributed by atoms with van der Waals surface area (Å²) in [5, 5.41) is 3.81. The SMILES string of the molecule is CCCCN(CC)CC1(CNC(C)(C)C)CCC(C)CC1. The highest BCUT2D eigenvalue weighted by molar-refractivity contribution is 4.91. The van der Waals surface area contributed by atoms with Crippen molar-refractivity contribution in [2.75, 3.05) is 26.2 Å². The van der Waals surface area contributed by atoms with Crippen molar-refractivity contribution >= 4 is 0 Å². The molecule has 1 aliphatic carbocycles. The van der Waals surface area contributed by atoms with Crippen molar-refractivity contribution in [3.63, 3.8) is 0 Å². The first-order valence-corrected chi connectivity index (χ1v) is 9.27. The molecule has 2 heteroatoms. The van der Waals surface area contributed by atoms with Gasteiger partial charge in [-0.15, -0.1) is 0 Å². The van der Waals surface area contributed by atoms with E-state index in [1.165, 1.54) is 64.7 Å². The zero-order valence-electron chi connectivity index (χ0n) is 15.6. The molecule has 0 amide bonds. The molecular weight excluding hydrogens is 256 g/mol. The third kappa shape index (κ3) is 7.15. The molecule has 0 aromatic carbocycles. The Balaban J connectivity index is 2.66. The molecule has 0 aromatic heterocycles. The second-order valence-corrected chi connectivity index (χ2v) is 8.51. The van der Waals surface area contributed by atoms with Gasteiger partial charge in [-0.25, -0.2) is 0 Å². The Morgan fingerprint density at radius 3 is 2.24 bits per heavy atom. The second kappa shape index (κ2) is 8.53. The number of hydrogen-bond donors (Lipinski definition) is 1.